The average Bonchev–Trinajstić information content (AvgIpc) is 2.12. The van der Waals surface area contributed by atoms with Crippen molar-refractivity contribution in [3.63, 3.8) is 0 Å². The summed E-state index contributed by atoms with van der Waals surface area (Å²) in [5.41, 5.74) is 0. The number of aliphatic hydroxyl groups is 1. The molecule has 2 bridgehead atoms. The molecule has 13 heavy (non-hydrogen) atoms. The molecular formula is C10H19NO2. The summed E-state index contributed by atoms with van der Waals surface area (Å²) in [6, 6.07) is 0.736. The van der Waals surface area contributed by atoms with E-state index in [1.54, 1.807) is 0 Å². The maximum atomic E-state index is 9.61. The molecule has 2 heterocycles. The van der Waals surface area contributed by atoms with Crippen molar-refractivity contribution in [2.24, 2.45) is 5.92 Å². The Morgan fingerprint density at radius 3 is 3.00 bits per heavy atom. The molecule has 3 nitrogen and oxygen atoms in total. The number of piperidine rings is 1. The fourth-order valence-electron chi connectivity index (χ4n) is 2.69. The molecule has 2 rings (SSSR count). The third kappa shape index (κ3) is 1.60. The summed E-state index contributed by atoms with van der Waals surface area (Å²) in [4.78, 5) is 0. The van der Waals surface area contributed by atoms with E-state index < -0.39 is 0 Å². The van der Waals surface area contributed by atoms with E-state index in [2.05, 4.69) is 19.2 Å². The van der Waals surface area contributed by atoms with Gasteiger partial charge in [0.1, 0.15) is 0 Å². The van der Waals surface area contributed by atoms with Gasteiger partial charge in [-0.05, 0) is 25.7 Å². The van der Waals surface area contributed by atoms with Gasteiger partial charge in [-0.3, -0.25) is 0 Å². The summed E-state index contributed by atoms with van der Waals surface area (Å²) < 4.78 is 5.64. The van der Waals surface area contributed by atoms with Crippen molar-refractivity contribution in [2.75, 3.05) is 6.61 Å². The first-order chi connectivity index (χ1) is 6.22. The second-order valence-corrected chi connectivity index (χ2v) is 4.31. The van der Waals surface area contributed by atoms with E-state index in [1.807, 2.05) is 0 Å². The second-order valence-electron chi connectivity index (χ2n) is 4.31. The molecule has 2 aliphatic heterocycles. The number of hydrogen-bond acceptors (Lipinski definition) is 3. The standard InChI is InChI=1S/C10H19NO2/c1-3-7-6(2)11-8-4-10(7)13-5-9(8)12/h6-12H,3-5H2,1-2H3. The highest BCUT2D eigenvalue weighted by Crippen LogP contribution is 2.30. The Morgan fingerprint density at radius 2 is 2.31 bits per heavy atom. The maximum absolute atomic E-state index is 9.61. The van der Waals surface area contributed by atoms with Gasteiger partial charge in [0.25, 0.3) is 0 Å². The third-order valence-electron chi connectivity index (χ3n) is 3.50. The van der Waals surface area contributed by atoms with Crippen LogP contribution in [0.5, 0.6) is 0 Å². The van der Waals surface area contributed by atoms with E-state index in [0.717, 1.165) is 12.8 Å². The molecule has 0 aromatic heterocycles. The van der Waals surface area contributed by atoms with Crippen LogP contribution in [0.3, 0.4) is 0 Å². The van der Waals surface area contributed by atoms with Crippen LogP contribution in [0.4, 0.5) is 0 Å². The molecule has 2 N–H and O–H groups in total. The van der Waals surface area contributed by atoms with Crippen molar-refractivity contribution >= 4 is 0 Å². The monoisotopic (exact) mass is 185 g/mol. The van der Waals surface area contributed by atoms with Gasteiger partial charge in [0.2, 0.25) is 0 Å². The highest BCUT2D eigenvalue weighted by molar-refractivity contribution is 4.96. The van der Waals surface area contributed by atoms with E-state index in [1.165, 1.54) is 0 Å². The Balaban J connectivity index is 2.07. The Labute approximate surface area is 79.5 Å². The smallest absolute Gasteiger partial charge is 0.0927 e. The van der Waals surface area contributed by atoms with Gasteiger partial charge in [-0.25, -0.2) is 0 Å². The molecule has 76 valence electrons. The van der Waals surface area contributed by atoms with E-state index in [4.69, 9.17) is 4.74 Å². The molecule has 0 aromatic carbocycles. The summed E-state index contributed by atoms with van der Waals surface area (Å²) in [6.07, 6.45) is 2.19. The summed E-state index contributed by atoms with van der Waals surface area (Å²) in [5, 5.41) is 13.1. The molecule has 0 aliphatic carbocycles. The summed E-state index contributed by atoms with van der Waals surface area (Å²) in [5.74, 6) is 0.615. The fourth-order valence-corrected chi connectivity index (χ4v) is 2.69. The van der Waals surface area contributed by atoms with Crippen molar-refractivity contribution in [3.8, 4) is 0 Å². The van der Waals surface area contributed by atoms with Crippen molar-refractivity contribution < 1.29 is 9.84 Å². The molecule has 5 unspecified atom stereocenters. The predicted molar refractivity (Wildman–Crippen MR) is 50.5 cm³/mol. The zero-order chi connectivity index (χ0) is 9.42. The number of nitrogens with one attached hydrogen (secondary N) is 1. The number of hydrogen-bond donors (Lipinski definition) is 2. The Morgan fingerprint density at radius 1 is 1.54 bits per heavy atom. The van der Waals surface area contributed by atoms with Crippen LogP contribution in [-0.2, 0) is 4.74 Å². The molecule has 0 spiro atoms. The first-order valence-electron chi connectivity index (χ1n) is 5.28. The quantitative estimate of drug-likeness (QED) is 0.626. The summed E-state index contributed by atoms with van der Waals surface area (Å²) >= 11 is 0. The average molecular weight is 185 g/mol. The van der Waals surface area contributed by atoms with Crippen LogP contribution >= 0.6 is 0 Å². The van der Waals surface area contributed by atoms with E-state index in [9.17, 15) is 5.11 Å². The largest absolute Gasteiger partial charge is 0.389 e. The molecule has 2 aliphatic rings. The highest BCUT2D eigenvalue weighted by atomic mass is 16.5. The van der Waals surface area contributed by atoms with Crippen LogP contribution < -0.4 is 5.32 Å². The van der Waals surface area contributed by atoms with Gasteiger partial charge in [0.15, 0.2) is 0 Å². The number of rotatable bonds is 1. The molecule has 3 heteroatoms. The third-order valence-corrected chi connectivity index (χ3v) is 3.50. The number of fused-ring (bicyclic) bond motifs is 2. The van der Waals surface area contributed by atoms with Crippen molar-refractivity contribution in [3.05, 3.63) is 0 Å². The Kier molecular flexibility index (Phi) is 2.58. The van der Waals surface area contributed by atoms with Crippen LogP contribution in [-0.4, -0.2) is 36.0 Å². The minimum atomic E-state index is -0.309. The van der Waals surface area contributed by atoms with Gasteiger partial charge in [0, 0.05) is 12.1 Å². The first kappa shape index (κ1) is 9.44. The second kappa shape index (κ2) is 3.56. The first-order valence-corrected chi connectivity index (χ1v) is 5.28. The molecule has 0 aromatic rings. The summed E-state index contributed by atoms with van der Waals surface area (Å²) in [7, 11) is 0. The molecule has 2 fully saturated rings. The van der Waals surface area contributed by atoms with Gasteiger partial charge in [-0.1, -0.05) is 6.92 Å². The maximum Gasteiger partial charge on any atom is 0.0927 e. The lowest BCUT2D eigenvalue weighted by Crippen LogP contribution is -2.61. The zero-order valence-corrected chi connectivity index (χ0v) is 8.36. The SMILES string of the molecule is CCC1C(C)NC2CC1OCC2O. The van der Waals surface area contributed by atoms with Crippen LogP contribution in [0.2, 0.25) is 0 Å². The molecule has 0 radical (unpaired) electrons. The van der Waals surface area contributed by atoms with Crippen LogP contribution in [0.25, 0.3) is 0 Å². The van der Waals surface area contributed by atoms with Crippen molar-refractivity contribution in [2.45, 2.75) is 51.0 Å². The lowest BCUT2D eigenvalue weighted by Gasteiger charge is -2.46. The van der Waals surface area contributed by atoms with Crippen molar-refractivity contribution in [1.29, 1.82) is 0 Å². The number of aliphatic hydroxyl groups excluding tert-OH is 1. The highest BCUT2D eigenvalue weighted by Gasteiger charge is 2.41. The van der Waals surface area contributed by atoms with E-state index in [-0.39, 0.29) is 12.1 Å². The van der Waals surface area contributed by atoms with Gasteiger partial charge in [-0.15, -0.1) is 0 Å². The molecule has 0 saturated carbocycles. The van der Waals surface area contributed by atoms with Gasteiger partial charge in [-0.2, -0.15) is 0 Å². The van der Waals surface area contributed by atoms with E-state index >= 15 is 0 Å². The topological polar surface area (TPSA) is 41.5 Å². The van der Waals surface area contributed by atoms with Crippen LogP contribution in [0.15, 0.2) is 0 Å². The van der Waals surface area contributed by atoms with Gasteiger partial charge in [0.05, 0.1) is 18.8 Å². The zero-order valence-electron chi connectivity index (χ0n) is 8.36. The lowest BCUT2D eigenvalue weighted by atomic mass is 9.81. The van der Waals surface area contributed by atoms with Crippen LogP contribution in [0.1, 0.15) is 26.7 Å². The number of ether oxygens (including phenoxy) is 1. The van der Waals surface area contributed by atoms with Crippen LogP contribution in [0, 0.1) is 5.92 Å². The van der Waals surface area contributed by atoms with Crippen molar-refractivity contribution in [1.82, 2.24) is 5.32 Å². The summed E-state index contributed by atoms with van der Waals surface area (Å²) in [6.45, 7) is 4.90. The van der Waals surface area contributed by atoms with E-state index in [0.29, 0.717) is 24.7 Å². The van der Waals surface area contributed by atoms with Gasteiger partial charge >= 0.3 is 0 Å². The minimum absolute atomic E-state index is 0.261. The fraction of sp³-hybridized carbons (Fsp3) is 1.00. The lowest BCUT2D eigenvalue weighted by molar-refractivity contribution is -0.124. The molecule has 5 atom stereocenters. The molecular weight excluding hydrogens is 166 g/mol. The Bertz CT molecular complexity index is 184. The molecule has 0 amide bonds. The Hall–Kier alpha value is -0.120. The minimum Gasteiger partial charge on any atom is -0.389 e. The molecule has 2 saturated heterocycles. The van der Waals surface area contributed by atoms with Gasteiger partial charge < -0.3 is 15.2 Å². The normalized spacial score (nSPS) is 50.5. The predicted octanol–water partition coefficient (Wildman–Crippen LogP) is 0.523.